The number of benzene rings is 2. The molecule has 0 unspecified atom stereocenters. The van der Waals surface area contributed by atoms with E-state index < -0.39 is 0 Å². The van der Waals surface area contributed by atoms with Crippen LogP contribution in [0.2, 0.25) is 0 Å². The van der Waals surface area contributed by atoms with E-state index in [-0.39, 0.29) is 16.6 Å². The molecule has 5 N–H and O–H groups in total. The van der Waals surface area contributed by atoms with E-state index >= 15 is 0 Å². The summed E-state index contributed by atoms with van der Waals surface area (Å²) in [6, 6.07) is 8.09. The Morgan fingerprint density at radius 2 is 2.06 bits per heavy atom. The topological polar surface area (TPSA) is 90.9 Å². The highest BCUT2D eigenvalue weighted by Gasteiger charge is 2.05. The molecule has 6 heteroatoms. The summed E-state index contributed by atoms with van der Waals surface area (Å²) < 4.78 is 0. The number of rotatable bonds is 2. The van der Waals surface area contributed by atoms with E-state index in [1.165, 1.54) is 12.3 Å². The van der Waals surface area contributed by atoms with Crippen molar-refractivity contribution in [2.24, 2.45) is 10.8 Å². The van der Waals surface area contributed by atoms with Gasteiger partial charge in [-0.05, 0) is 47.3 Å². The predicted molar refractivity (Wildman–Crippen MR) is 74.8 cm³/mol. The molecule has 2 aromatic carbocycles. The van der Waals surface area contributed by atoms with Gasteiger partial charge in [0.1, 0.15) is 11.5 Å². The molecule has 0 saturated heterocycles. The van der Waals surface area contributed by atoms with Crippen LogP contribution >= 0.6 is 12.2 Å². The van der Waals surface area contributed by atoms with Gasteiger partial charge in [0.05, 0.1) is 6.21 Å². The third-order valence-electron chi connectivity index (χ3n) is 2.39. The fourth-order valence-electron chi connectivity index (χ4n) is 1.63. The SMILES string of the molecule is NC(=S)NN=Cc1c(O)ccc2cc(O)ccc12. The summed E-state index contributed by atoms with van der Waals surface area (Å²) in [6.07, 6.45) is 1.42. The van der Waals surface area contributed by atoms with Crippen LogP contribution < -0.4 is 11.2 Å². The van der Waals surface area contributed by atoms with Gasteiger partial charge in [0.25, 0.3) is 0 Å². The molecule has 0 bridgehead atoms. The molecule has 0 aromatic heterocycles. The van der Waals surface area contributed by atoms with Crippen molar-refractivity contribution in [3.8, 4) is 11.5 Å². The molecule has 5 nitrogen and oxygen atoms in total. The van der Waals surface area contributed by atoms with E-state index in [0.29, 0.717) is 5.56 Å². The van der Waals surface area contributed by atoms with Crippen molar-refractivity contribution in [3.05, 3.63) is 35.9 Å². The van der Waals surface area contributed by atoms with Crippen LogP contribution in [-0.4, -0.2) is 21.5 Å². The maximum atomic E-state index is 9.80. The molecule has 0 amide bonds. The number of nitrogens with zero attached hydrogens (tertiary/aromatic N) is 1. The average molecular weight is 261 g/mol. The molecular formula is C12H11N3O2S. The second-order valence-corrected chi connectivity index (χ2v) is 4.08. The van der Waals surface area contributed by atoms with E-state index in [9.17, 15) is 10.2 Å². The van der Waals surface area contributed by atoms with Crippen LogP contribution in [0.15, 0.2) is 35.4 Å². The quantitative estimate of drug-likeness (QED) is 0.373. The zero-order chi connectivity index (χ0) is 13.1. The molecule has 2 aromatic rings. The maximum absolute atomic E-state index is 9.80. The Balaban J connectivity index is 2.51. The van der Waals surface area contributed by atoms with E-state index in [1.54, 1.807) is 24.3 Å². The van der Waals surface area contributed by atoms with Crippen molar-refractivity contribution in [2.45, 2.75) is 0 Å². The third-order valence-corrected chi connectivity index (χ3v) is 2.48. The van der Waals surface area contributed by atoms with Crippen LogP contribution in [0.3, 0.4) is 0 Å². The zero-order valence-electron chi connectivity index (χ0n) is 9.29. The van der Waals surface area contributed by atoms with Crippen LogP contribution in [0.25, 0.3) is 10.8 Å². The number of phenolic OH excluding ortho intramolecular Hbond substituents is 2. The van der Waals surface area contributed by atoms with Crippen LogP contribution in [-0.2, 0) is 0 Å². The van der Waals surface area contributed by atoms with Gasteiger partial charge in [0.15, 0.2) is 5.11 Å². The number of nitrogens with one attached hydrogen (secondary N) is 1. The van der Waals surface area contributed by atoms with Crippen molar-refractivity contribution in [1.82, 2.24) is 5.43 Å². The van der Waals surface area contributed by atoms with Crippen LogP contribution in [0.4, 0.5) is 0 Å². The van der Waals surface area contributed by atoms with Gasteiger partial charge in [-0.25, -0.2) is 0 Å². The molecule has 0 atom stereocenters. The van der Waals surface area contributed by atoms with Gasteiger partial charge in [-0.2, -0.15) is 5.10 Å². The first kappa shape index (κ1) is 12.1. The summed E-state index contributed by atoms with van der Waals surface area (Å²) in [6.45, 7) is 0. The summed E-state index contributed by atoms with van der Waals surface area (Å²) in [4.78, 5) is 0. The molecule has 92 valence electrons. The summed E-state index contributed by atoms with van der Waals surface area (Å²) in [5.74, 6) is 0.249. The second-order valence-electron chi connectivity index (χ2n) is 3.64. The number of fused-ring (bicyclic) bond motifs is 1. The van der Waals surface area contributed by atoms with Gasteiger partial charge in [-0.1, -0.05) is 6.07 Å². The lowest BCUT2D eigenvalue weighted by Gasteiger charge is -2.05. The maximum Gasteiger partial charge on any atom is 0.184 e. The standard InChI is InChI=1S/C12H11N3O2S/c13-12(18)15-14-6-10-9-3-2-8(16)5-7(9)1-4-11(10)17/h1-6,16-17H,(H3,13,15,18). The van der Waals surface area contributed by atoms with Gasteiger partial charge >= 0.3 is 0 Å². The monoisotopic (exact) mass is 261 g/mol. The number of hydrazone groups is 1. The minimum atomic E-state index is 0.0450. The van der Waals surface area contributed by atoms with Gasteiger partial charge in [0, 0.05) is 5.56 Å². The molecule has 2 rings (SSSR count). The van der Waals surface area contributed by atoms with Gasteiger partial charge in [0.2, 0.25) is 0 Å². The van der Waals surface area contributed by atoms with Gasteiger partial charge in [-0.3, -0.25) is 5.43 Å². The van der Waals surface area contributed by atoms with E-state index in [2.05, 4.69) is 22.7 Å². The smallest absolute Gasteiger partial charge is 0.184 e. The highest BCUT2D eigenvalue weighted by atomic mass is 32.1. The first-order chi connectivity index (χ1) is 8.58. The lowest BCUT2D eigenvalue weighted by atomic mass is 10.0. The summed E-state index contributed by atoms with van der Waals surface area (Å²) in [5.41, 5.74) is 8.18. The minimum Gasteiger partial charge on any atom is -0.508 e. The molecule has 0 aliphatic rings. The summed E-state index contributed by atoms with van der Waals surface area (Å²) >= 11 is 4.61. The highest BCUT2D eigenvalue weighted by Crippen LogP contribution is 2.28. The summed E-state index contributed by atoms with van der Waals surface area (Å²) in [5, 5.41) is 24.6. The van der Waals surface area contributed by atoms with Crippen molar-refractivity contribution in [2.75, 3.05) is 0 Å². The van der Waals surface area contributed by atoms with Crippen LogP contribution in [0.5, 0.6) is 11.5 Å². The Labute approximate surface area is 109 Å². The Hall–Kier alpha value is -2.34. The number of aromatic hydroxyl groups is 2. The molecule has 18 heavy (non-hydrogen) atoms. The van der Waals surface area contributed by atoms with E-state index in [0.717, 1.165) is 10.8 Å². The Morgan fingerprint density at radius 3 is 2.78 bits per heavy atom. The number of phenols is 2. The normalized spacial score (nSPS) is 10.9. The lowest BCUT2D eigenvalue weighted by molar-refractivity contribution is 0.473. The van der Waals surface area contributed by atoms with Gasteiger partial charge in [-0.15, -0.1) is 0 Å². The molecule has 0 aliphatic carbocycles. The van der Waals surface area contributed by atoms with Crippen molar-refractivity contribution in [3.63, 3.8) is 0 Å². The average Bonchev–Trinajstić information content (AvgIpc) is 2.31. The van der Waals surface area contributed by atoms with Gasteiger partial charge < -0.3 is 15.9 Å². The Bertz CT molecular complexity index is 641. The fraction of sp³-hybridized carbons (Fsp3) is 0. The Morgan fingerprint density at radius 1 is 1.28 bits per heavy atom. The molecule has 0 heterocycles. The molecule has 0 radical (unpaired) electrons. The van der Waals surface area contributed by atoms with Crippen LogP contribution in [0.1, 0.15) is 5.56 Å². The number of nitrogens with two attached hydrogens (primary N) is 1. The first-order valence-electron chi connectivity index (χ1n) is 5.11. The molecular weight excluding hydrogens is 250 g/mol. The van der Waals surface area contributed by atoms with Crippen molar-refractivity contribution >= 4 is 34.3 Å². The second kappa shape index (κ2) is 4.89. The number of hydrogen-bond acceptors (Lipinski definition) is 4. The van der Waals surface area contributed by atoms with E-state index in [1.807, 2.05) is 0 Å². The van der Waals surface area contributed by atoms with E-state index in [4.69, 9.17) is 5.73 Å². The highest BCUT2D eigenvalue weighted by molar-refractivity contribution is 7.80. The zero-order valence-corrected chi connectivity index (χ0v) is 10.1. The first-order valence-corrected chi connectivity index (χ1v) is 5.52. The minimum absolute atomic E-state index is 0.0450. The van der Waals surface area contributed by atoms with Crippen molar-refractivity contribution in [1.29, 1.82) is 0 Å². The number of hydrogen-bond donors (Lipinski definition) is 4. The molecule has 0 spiro atoms. The fourth-order valence-corrected chi connectivity index (χ4v) is 1.68. The predicted octanol–water partition coefficient (Wildman–Crippen LogP) is 1.42. The molecule has 0 fully saturated rings. The largest absolute Gasteiger partial charge is 0.508 e. The number of thiocarbonyl (C=S) groups is 1. The van der Waals surface area contributed by atoms with Crippen molar-refractivity contribution < 1.29 is 10.2 Å². The van der Waals surface area contributed by atoms with Crippen LogP contribution in [0, 0.1) is 0 Å². The Kier molecular flexibility index (Phi) is 3.29. The third kappa shape index (κ3) is 2.49. The summed E-state index contributed by atoms with van der Waals surface area (Å²) in [7, 11) is 0. The molecule has 0 aliphatic heterocycles. The lowest BCUT2D eigenvalue weighted by Crippen LogP contribution is -2.24. The molecule has 0 saturated carbocycles.